The first-order valence-electron chi connectivity index (χ1n) is 10.7. The number of para-hydroxylation sites is 1. The third kappa shape index (κ3) is 4.63. The number of furan rings is 1. The lowest BCUT2D eigenvalue weighted by atomic mass is 9.93. The van der Waals surface area contributed by atoms with Crippen LogP contribution in [0.1, 0.15) is 50.6 Å². The Hall–Kier alpha value is -3.78. The maximum absolute atomic E-state index is 13.0. The highest BCUT2D eigenvalue weighted by Crippen LogP contribution is 2.32. The number of carbonyl (C=O) groups excluding carboxylic acids is 2. The number of ether oxygens (including phenoxy) is 2. The molecule has 1 heterocycles. The fraction of sp³-hybridized carbons (Fsp3) is 0.240. The molecule has 0 atom stereocenters. The van der Waals surface area contributed by atoms with E-state index in [-0.39, 0.29) is 11.7 Å². The van der Waals surface area contributed by atoms with Gasteiger partial charge in [0.1, 0.15) is 17.3 Å². The van der Waals surface area contributed by atoms with Crippen molar-refractivity contribution in [2.24, 2.45) is 5.10 Å². The van der Waals surface area contributed by atoms with E-state index in [1.54, 1.807) is 49.4 Å². The molecule has 2 N–H and O–H groups in total. The monoisotopic (exact) mass is 481 g/mol. The standard InChI is InChI=1S/C25H24ClN3O5/c1-14-22-17(28-29-24(30)16-7-4-5-9-19(16)32-2)8-6-10-21(22)34-23(14)25(31)27-18-13-15(26)11-12-20(18)33-3/h4-5,7,9,11-13H,6,8,10H2,1-3H3,(H,27,31)(H,29,30)/b28-17+. The molecule has 0 bridgehead atoms. The molecule has 0 unspecified atom stereocenters. The van der Waals surface area contributed by atoms with E-state index in [2.05, 4.69) is 15.8 Å². The highest BCUT2D eigenvalue weighted by Gasteiger charge is 2.28. The van der Waals surface area contributed by atoms with Gasteiger partial charge < -0.3 is 19.2 Å². The zero-order valence-corrected chi connectivity index (χ0v) is 19.8. The molecule has 0 spiro atoms. The number of methoxy groups -OCH3 is 2. The van der Waals surface area contributed by atoms with E-state index < -0.39 is 5.91 Å². The second kappa shape index (κ2) is 10.0. The maximum atomic E-state index is 13.0. The first-order chi connectivity index (χ1) is 16.4. The lowest BCUT2D eigenvalue weighted by Gasteiger charge is -2.14. The Morgan fingerprint density at radius 2 is 1.79 bits per heavy atom. The van der Waals surface area contributed by atoms with E-state index in [9.17, 15) is 9.59 Å². The second-order valence-corrected chi connectivity index (χ2v) is 8.14. The summed E-state index contributed by atoms with van der Waals surface area (Å²) in [6, 6.07) is 11.9. The van der Waals surface area contributed by atoms with Gasteiger partial charge in [0.25, 0.3) is 11.8 Å². The Labute approximate surface area is 201 Å². The minimum absolute atomic E-state index is 0.178. The van der Waals surface area contributed by atoms with Crippen molar-refractivity contribution in [1.82, 2.24) is 5.43 Å². The second-order valence-electron chi connectivity index (χ2n) is 7.71. The van der Waals surface area contributed by atoms with Crippen molar-refractivity contribution in [3.8, 4) is 11.5 Å². The number of amides is 2. The number of rotatable bonds is 6. The van der Waals surface area contributed by atoms with Crippen LogP contribution in [0.25, 0.3) is 0 Å². The lowest BCUT2D eigenvalue weighted by Crippen LogP contribution is -2.22. The van der Waals surface area contributed by atoms with Crippen molar-refractivity contribution in [2.45, 2.75) is 26.2 Å². The zero-order chi connectivity index (χ0) is 24.2. The summed E-state index contributed by atoms with van der Waals surface area (Å²) in [6.45, 7) is 1.80. The molecule has 34 heavy (non-hydrogen) atoms. The summed E-state index contributed by atoms with van der Waals surface area (Å²) in [5.74, 6) is 0.969. The van der Waals surface area contributed by atoms with Crippen molar-refractivity contribution in [2.75, 3.05) is 19.5 Å². The van der Waals surface area contributed by atoms with E-state index in [4.69, 9.17) is 25.5 Å². The van der Waals surface area contributed by atoms with E-state index in [1.165, 1.54) is 14.2 Å². The van der Waals surface area contributed by atoms with Crippen LogP contribution in [0.5, 0.6) is 11.5 Å². The molecule has 0 aliphatic heterocycles. The average molecular weight is 482 g/mol. The van der Waals surface area contributed by atoms with Crippen LogP contribution < -0.4 is 20.2 Å². The molecule has 0 saturated carbocycles. The summed E-state index contributed by atoms with van der Waals surface area (Å²) in [4.78, 5) is 25.7. The number of hydrogen-bond donors (Lipinski definition) is 2. The van der Waals surface area contributed by atoms with E-state index in [0.29, 0.717) is 57.6 Å². The van der Waals surface area contributed by atoms with Crippen molar-refractivity contribution in [3.05, 3.63) is 75.7 Å². The van der Waals surface area contributed by atoms with Gasteiger partial charge in [-0.25, -0.2) is 5.43 Å². The molecule has 1 aliphatic rings. The van der Waals surface area contributed by atoms with Gasteiger partial charge in [-0.05, 0) is 50.1 Å². The summed E-state index contributed by atoms with van der Waals surface area (Å²) in [7, 11) is 3.02. The van der Waals surface area contributed by atoms with E-state index in [0.717, 1.165) is 12.0 Å². The molecule has 0 radical (unpaired) electrons. The minimum atomic E-state index is -0.426. The molecule has 2 aromatic carbocycles. The Morgan fingerprint density at radius 3 is 2.56 bits per heavy atom. The van der Waals surface area contributed by atoms with Crippen molar-refractivity contribution < 1.29 is 23.5 Å². The van der Waals surface area contributed by atoms with Crippen LogP contribution >= 0.6 is 11.6 Å². The molecule has 1 aromatic heterocycles. The first kappa shape index (κ1) is 23.4. The molecule has 0 fully saturated rings. The summed E-state index contributed by atoms with van der Waals surface area (Å²) >= 11 is 6.07. The Kier molecular flexibility index (Phi) is 6.88. The molecule has 9 heteroatoms. The molecule has 3 aromatic rings. The third-order valence-corrected chi connectivity index (χ3v) is 5.82. The quantitative estimate of drug-likeness (QED) is 0.483. The highest BCUT2D eigenvalue weighted by molar-refractivity contribution is 6.31. The number of halogens is 1. The van der Waals surface area contributed by atoms with Crippen LogP contribution in [0.2, 0.25) is 5.02 Å². The van der Waals surface area contributed by atoms with Crippen LogP contribution in [0.3, 0.4) is 0 Å². The topological polar surface area (TPSA) is 102 Å². The highest BCUT2D eigenvalue weighted by atomic mass is 35.5. The van der Waals surface area contributed by atoms with Crippen molar-refractivity contribution in [1.29, 1.82) is 0 Å². The molecule has 8 nitrogen and oxygen atoms in total. The number of benzene rings is 2. The summed E-state index contributed by atoms with van der Waals surface area (Å²) in [5.41, 5.74) is 5.48. The predicted octanol–water partition coefficient (Wildman–Crippen LogP) is 4.98. The molecule has 2 amide bonds. The van der Waals surface area contributed by atoms with E-state index in [1.807, 2.05) is 0 Å². The van der Waals surface area contributed by atoms with Crippen LogP contribution in [-0.4, -0.2) is 31.7 Å². The molecule has 4 rings (SSSR count). The summed E-state index contributed by atoms with van der Waals surface area (Å²) in [5, 5.41) is 7.63. The van der Waals surface area contributed by atoms with Gasteiger partial charge in [-0.1, -0.05) is 23.7 Å². The molecule has 1 aliphatic carbocycles. The molecule has 176 valence electrons. The van der Waals surface area contributed by atoms with Gasteiger partial charge in [0, 0.05) is 22.6 Å². The fourth-order valence-corrected chi connectivity index (χ4v) is 4.14. The minimum Gasteiger partial charge on any atom is -0.496 e. The van der Waals surface area contributed by atoms with Gasteiger partial charge in [-0.2, -0.15) is 5.10 Å². The normalized spacial score (nSPS) is 13.8. The maximum Gasteiger partial charge on any atom is 0.291 e. The predicted molar refractivity (Wildman–Crippen MR) is 129 cm³/mol. The van der Waals surface area contributed by atoms with Crippen LogP contribution in [-0.2, 0) is 6.42 Å². The number of nitrogens with zero attached hydrogens (tertiary/aromatic N) is 1. The van der Waals surface area contributed by atoms with Gasteiger partial charge in [-0.3, -0.25) is 9.59 Å². The first-order valence-corrected chi connectivity index (χ1v) is 11.1. The molecule has 0 saturated heterocycles. The molecular formula is C25H24ClN3O5. The SMILES string of the molecule is COc1ccc(Cl)cc1NC(=O)c1oc2c(c1C)/C(=N/NC(=O)c1ccccc1OC)CCC2. The number of fused-ring (bicyclic) bond motifs is 1. The number of anilines is 1. The third-order valence-electron chi connectivity index (χ3n) is 5.59. The van der Waals surface area contributed by atoms with Gasteiger partial charge in [0.2, 0.25) is 0 Å². The van der Waals surface area contributed by atoms with Crippen molar-refractivity contribution >= 4 is 34.8 Å². The lowest BCUT2D eigenvalue weighted by molar-refractivity contribution is 0.0950. The summed E-state index contributed by atoms with van der Waals surface area (Å²) < 4.78 is 16.5. The zero-order valence-electron chi connectivity index (χ0n) is 19.0. The van der Waals surface area contributed by atoms with Crippen LogP contribution in [0, 0.1) is 6.92 Å². The van der Waals surface area contributed by atoms with Gasteiger partial charge in [0.15, 0.2) is 5.76 Å². The van der Waals surface area contributed by atoms with E-state index >= 15 is 0 Å². The van der Waals surface area contributed by atoms with Crippen LogP contribution in [0.15, 0.2) is 52.0 Å². The number of nitrogens with one attached hydrogen (secondary N) is 2. The summed E-state index contributed by atoms with van der Waals surface area (Å²) in [6.07, 6.45) is 2.10. The number of carbonyl (C=O) groups is 2. The van der Waals surface area contributed by atoms with Gasteiger partial charge in [-0.15, -0.1) is 0 Å². The number of hydrogen-bond acceptors (Lipinski definition) is 6. The number of hydrazone groups is 1. The van der Waals surface area contributed by atoms with Crippen molar-refractivity contribution in [3.63, 3.8) is 0 Å². The Bertz CT molecular complexity index is 1280. The van der Waals surface area contributed by atoms with Gasteiger partial charge in [0.05, 0.1) is 31.2 Å². The largest absolute Gasteiger partial charge is 0.496 e. The van der Waals surface area contributed by atoms with Gasteiger partial charge >= 0.3 is 0 Å². The smallest absolute Gasteiger partial charge is 0.291 e. The number of aryl methyl sites for hydroxylation is 1. The van der Waals surface area contributed by atoms with Crippen LogP contribution in [0.4, 0.5) is 5.69 Å². The fourth-order valence-electron chi connectivity index (χ4n) is 3.96. The molecular weight excluding hydrogens is 458 g/mol. The Balaban J connectivity index is 1.59. The average Bonchev–Trinajstić information content (AvgIpc) is 3.19. The Morgan fingerprint density at radius 1 is 1.03 bits per heavy atom.